The minimum atomic E-state index is 0.363. The maximum Gasteiger partial charge on any atom is 0.263 e. The van der Waals surface area contributed by atoms with Crippen LogP contribution in [0.25, 0.3) is 11.3 Å². The third-order valence-corrected chi connectivity index (χ3v) is 4.03. The Kier molecular flexibility index (Phi) is 5.88. The van der Waals surface area contributed by atoms with E-state index in [-0.39, 0.29) is 0 Å². The first-order valence-corrected chi connectivity index (χ1v) is 8.69. The van der Waals surface area contributed by atoms with E-state index in [0.717, 1.165) is 29.9 Å². The molecule has 0 fully saturated rings. The van der Waals surface area contributed by atoms with Gasteiger partial charge < -0.3 is 4.90 Å². The largest absolute Gasteiger partial charge is 0.372 e. The topological polar surface area (TPSA) is 66.3 Å². The normalized spacial score (nSPS) is 10.8. The Morgan fingerprint density at radius 1 is 1.00 bits per heavy atom. The number of hydrogen-bond donors (Lipinski definition) is 1. The molecule has 26 heavy (non-hydrogen) atoms. The zero-order valence-corrected chi connectivity index (χ0v) is 15.0. The van der Waals surface area contributed by atoms with E-state index in [4.69, 9.17) is 0 Å². The number of benzene rings is 2. The van der Waals surface area contributed by atoms with Gasteiger partial charge in [-0.1, -0.05) is 42.5 Å². The van der Waals surface area contributed by atoms with Crippen LogP contribution in [0.5, 0.6) is 0 Å². The highest BCUT2D eigenvalue weighted by atomic mass is 15.4. The lowest BCUT2D eigenvalue weighted by molar-refractivity contribution is 0.866. The molecular formula is C20H22N6. The summed E-state index contributed by atoms with van der Waals surface area (Å²) in [6.45, 7) is 6.29. The number of rotatable bonds is 7. The molecule has 6 heteroatoms. The minimum Gasteiger partial charge on any atom is -0.372 e. The molecule has 3 aromatic rings. The van der Waals surface area contributed by atoms with Gasteiger partial charge in [0.15, 0.2) is 0 Å². The van der Waals surface area contributed by atoms with E-state index in [0.29, 0.717) is 5.95 Å². The third kappa shape index (κ3) is 4.42. The van der Waals surface area contributed by atoms with Crippen molar-refractivity contribution in [1.29, 1.82) is 0 Å². The van der Waals surface area contributed by atoms with Gasteiger partial charge in [0.2, 0.25) is 0 Å². The second kappa shape index (κ2) is 8.71. The van der Waals surface area contributed by atoms with Crippen LogP contribution in [-0.4, -0.2) is 34.5 Å². The predicted molar refractivity (Wildman–Crippen MR) is 106 cm³/mol. The fourth-order valence-electron chi connectivity index (χ4n) is 2.62. The molecule has 0 amide bonds. The zero-order valence-electron chi connectivity index (χ0n) is 15.0. The van der Waals surface area contributed by atoms with Crippen molar-refractivity contribution in [2.45, 2.75) is 13.8 Å². The van der Waals surface area contributed by atoms with Gasteiger partial charge in [0, 0.05) is 24.3 Å². The molecule has 0 spiro atoms. The number of hydrazone groups is 1. The molecule has 132 valence electrons. The highest BCUT2D eigenvalue weighted by Gasteiger charge is 2.02. The van der Waals surface area contributed by atoms with Gasteiger partial charge >= 0.3 is 0 Å². The SMILES string of the molecule is CCN(CC)c1ccc(/C=N\Nc2nncc(-c3ccccc3)n2)cc1. The van der Waals surface area contributed by atoms with Gasteiger partial charge in [0.05, 0.1) is 18.1 Å². The molecular weight excluding hydrogens is 324 g/mol. The van der Waals surface area contributed by atoms with Crippen LogP contribution in [0.1, 0.15) is 19.4 Å². The summed E-state index contributed by atoms with van der Waals surface area (Å²) >= 11 is 0. The van der Waals surface area contributed by atoms with Gasteiger partial charge in [-0.05, 0) is 31.5 Å². The van der Waals surface area contributed by atoms with Gasteiger partial charge in [0.25, 0.3) is 5.95 Å². The Hall–Kier alpha value is -3.28. The summed E-state index contributed by atoms with van der Waals surface area (Å²) < 4.78 is 0. The van der Waals surface area contributed by atoms with Crippen LogP contribution >= 0.6 is 0 Å². The summed E-state index contributed by atoms with van der Waals surface area (Å²) in [5, 5.41) is 12.2. The van der Waals surface area contributed by atoms with Crippen molar-refractivity contribution in [1.82, 2.24) is 15.2 Å². The van der Waals surface area contributed by atoms with Crippen molar-refractivity contribution in [3.63, 3.8) is 0 Å². The maximum atomic E-state index is 4.43. The Morgan fingerprint density at radius 3 is 2.42 bits per heavy atom. The van der Waals surface area contributed by atoms with Crippen LogP contribution in [0.4, 0.5) is 11.6 Å². The number of hydrogen-bond acceptors (Lipinski definition) is 6. The standard InChI is InChI=1S/C20H22N6/c1-3-26(4-2)18-12-10-16(11-13-18)14-21-24-20-23-19(15-22-25-20)17-8-6-5-7-9-17/h5-15H,3-4H2,1-2H3,(H,23,24,25)/b21-14-. The Bertz CT molecular complexity index is 842. The Labute approximate surface area is 153 Å². The zero-order chi connectivity index (χ0) is 18.2. The molecule has 0 unspecified atom stereocenters. The molecule has 0 atom stereocenters. The number of anilines is 2. The molecule has 0 aliphatic rings. The van der Waals surface area contributed by atoms with Crippen LogP contribution in [0, 0.1) is 0 Å². The minimum absolute atomic E-state index is 0.363. The van der Waals surface area contributed by atoms with Crippen molar-refractivity contribution >= 4 is 17.9 Å². The Morgan fingerprint density at radius 2 is 1.73 bits per heavy atom. The lowest BCUT2D eigenvalue weighted by Gasteiger charge is -2.20. The molecule has 0 aliphatic carbocycles. The maximum absolute atomic E-state index is 4.43. The molecule has 1 heterocycles. The van der Waals surface area contributed by atoms with E-state index in [1.54, 1.807) is 12.4 Å². The lowest BCUT2D eigenvalue weighted by atomic mass is 10.2. The van der Waals surface area contributed by atoms with Gasteiger partial charge in [-0.15, -0.1) is 5.10 Å². The first-order chi connectivity index (χ1) is 12.8. The van der Waals surface area contributed by atoms with Gasteiger partial charge in [-0.25, -0.2) is 10.4 Å². The summed E-state index contributed by atoms with van der Waals surface area (Å²) in [5.41, 5.74) is 6.79. The first kappa shape index (κ1) is 17.5. The summed E-state index contributed by atoms with van der Waals surface area (Å²) in [4.78, 5) is 6.73. The van der Waals surface area contributed by atoms with E-state index in [2.05, 4.69) is 56.6 Å². The van der Waals surface area contributed by atoms with Crippen molar-refractivity contribution in [3.8, 4) is 11.3 Å². The molecule has 0 bridgehead atoms. The summed E-state index contributed by atoms with van der Waals surface area (Å²) in [6.07, 6.45) is 3.38. The van der Waals surface area contributed by atoms with Gasteiger partial charge in [-0.3, -0.25) is 0 Å². The summed E-state index contributed by atoms with van der Waals surface area (Å²) in [6, 6.07) is 18.1. The number of nitrogens with zero attached hydrogens (tertiary/aromatic N) is 5. The predicted octanol–water partition coefficient (Wildman–Crippen LogP) is 3.83. The molecule has 0 radical (unpaired) electrons. The van der Waals surface area contributed by atoms with E-state index in [1.165, 1.54) is 5.69 Å². The molecule has 3 rings (SSSR count). The molecule has 0 aliphatic heterocycles. The fraction of sp³-hybridized carbons (Fsp3) is 0.200. The average molecular weight is 346 g/mol. The van der Waals surface area contributed by atoms with E-state index >= 15 is 0 Å². The monoisotopic (exact) mass is 346 g/mol. The lowest BCUT2D eigenvalue weighted by Crippen LogP contribution is -2.21. The number of nitrogens with one attached hydrogen (secondary N) is 1. The number of aromatic nitrogens is 3. The van der Waals surface area contributed by atoms with E-state index in [1.807, 2.05) is 42.5 Å². The van der Waals surface area contributed by atoms with Gasteiger partial charge in [-0.2, -0.15) is 10.2 Å². The van der Waals surface area contributed by atoms with Crippen LogP contribution < -0.4 is 10.3 Å². The quantitative estimate of drug-likeness (QED) is 0.520. The van der Waals surface area contributed by atoms with Crippen molar-refractivity contribution in [2.75, 3.05) is 23.4 Å². The van der Waals surface area contributed by atoms with E-state index < -0.39 is 0 Å². The molecule has 0 saturated heterocycles. The molecule has 0 saturated carbocycles. The second-order valence-electron chi connectivity index (χ2n) is 5.67. The first-order valence-electron chi connectivity index (χ1n) is 8.69. The molecule has 1 aromatic heterocycles. The summed E-state index contributed by atoms with van der Waals surface area (Å²) in [7, 11) is 0. The van der Waals surface area contributed by atoms with Gasteiger partial charge in [0.1, 0.15) is 0 Å². The highest BCUT2D eigenvalue weighted by molar-refractivity contribution is 5.80. The third-order valence-electron chi connectivity index (χ3n) is 4.03. The van der Waals surface area contributed by atoms with Crippen LogP contribution in [0.2, 0.25) is 0 Å². The molecule has 2 aromatic carbocycles. The fourth-order valence-corrected chi connectivity index (χ4v) is 2.62. The van der Waals surface area contributed by atoms with Crippen molar-refractivity contribution in [2.24, 2.45) is 5.10 Å². The Balaban J connectivity index is 1.65. The van der Waals surface area contributed by atoms with Crippen LogP contribution in [0.15, 0.2) is 65.9 Å². The van der Waals surface area contributed by atoms with Crippen molar-refractivity contribution < 1.29 is 0 Å². The average Bonchev–Trinajstić information content (AvgIpc) is 2.71. The van der Waals surface area contributed by atoms with E-state index in [9.17, 15) is 0 Å². The second-order valence-corrected chi connectivity index (χ2v) is 5.67. The van der Waals surface area contributed by atoms with Crippen LogP contribution in [0.3, 0.4) is 0 Å². The highest BCUT2D eigenvalue weighted by Crippen LogP contribution is 2.16. The van der Waals surface area contributed by atoms with Crippen molar-refractivity contribution in [3.05, 3.63) is 66.4 Å². The molecule has 6 nitrogen and oxygen atoms in total. The molecule has 1 N–H and O–H groups in total. The van der Waals surface area contributed by atoms with Crippen LogP contribution in [-0.2, 0) is 0 Å². The summed E-state index contributed by atoms with van der Waals surface area (Å²) in [5.74, 6) is 0.363. The smallest absolute Gasteiger partial charge is 0.263 e.